The molecule has 0 N–H and O–H groups in total. The van der Waals surface area contributed by atoms with Gasteiger partial charge in [-0.3, -0.25) is 0 Å². The van der Waals surface area contributed by atoms with Crippen LogP contribution in [0, 0.1) is 0 Å². The fourth-order valence-electron chi connectivity index (χ4n) is 3.80. The van der Waals surface area contributed by atoms with Crippen molar-refractivity contribution in [2.45, 2.75) is 0 Å². The third-order valence-electron chi connectivity index (χ3n) is 5.31. The predicted molar refractivity (Wildman–Crippen MR) is 142 cm³/mol. The smallest absolute Gasteiger partial charge is 0.0542 e. The highest BCUT2D eigenvalue weighted by Gasteiger charge is 2.14. The van der Waals surface area contributed by atoms with Crippen LogP contribution < -0.4 is 0 Å². The molecule has 6 rings (SSSR count). The quantitative estimate of drug-likeness (QED) is 0.247. The Labute approximate surface area is 190 Å². The lowest BCUT2D eigenvalue weighted by molar-refractivity contribution is 1.81. The Kier molecular flexibility index (Phi) is 4.29. The van der Waals surface area contributed by atoms with Crippen molar-refractivity contribution in [2.24, 2.45) is 0 Å². The Balaban J connectivity index is 1.48. The minimum absolute atomic E-state index is 1.21. The molecule has 0 fully saturated rings. The maximum Gasteiger partial charge on any atom is 0.0542 e. The summed E-state index contributed by atoms with van der Waals surface area (Å²) in [6.45, 7) is 7.76. The van der Waals surface area contributed by atoms with Crippen molar-refractivity contribution in [2.75, 3.05) is 0 Å². The highest BCUT2D eigenvalue weighted by Crippen LogP contribution is 2.46. The topological polar surface area (TPSA) is 0 Å². The van der Waals surface area contributed by atoms with Gasteiger partial charge in [-0.15, -0.1) is 45.3 Å². The summed E-state index contributed by atoms with van der Waals surface area (Å²) in [7, 11) is 0. The molecule has 6 aromatic rings. The monoisotopic (exact) mass is 456 g/mol. The average Bonchev–Trinajstić information content (AvgIpc) is 3.55. The maximum absolute atomic E-state index is 3.88. The summed E-state index contributed by atoms with van der Waals surface area (Å²) in [5.41, 5.74) is 2.58. The number of rotatable bonds is 4. The van der Waals surface area contributed by atoms with Crippen molar-refractivity contribution in [1.82, 2.24) is 0 Å². The van der Waals surface area contributed by atoms with Gasteiger partial charge >= 0.3 is 0 Å². The lowest BCUT2D eigenvalue weighted by atomic mass is 10.1. The summed E-state index contributed by atoms with van der Waals surface area (Å²) >= 11 is 7.41. The van der Waals surface area contributed by atoms with E-state index in [4.69, 9.17) is 0 Å². The molecule has 0 aliphatic rings. The molecule has 30 heavy (non-hydrogen) atoms. The Hall–Kier alpha value is -2.50. The molecular weight excluding hydrogens is 441 g/mol. The van der Waals surface area contributed by atoms with Crippen molar-refractivity contribution >= 4 is 87.1 Å². The maximum atomic E-state index is 3.88. The average molecular weight is 457 g/mol. The van der Waals surface area contributed by atoms with Gasteiger partial charge in [0.1, 0.15) is 0 Å². The van der Waals surface area contributed by atoms with Crippen LogP contribution in [0.3, 0.4) is 0 Å². The summed E-state index contributed by atoms with van der Waals surface area (Å²) in [6, 6.07) is 22.4. The number of hydrogen-bond acceptors (Lipinski definition) is 4. The fraction of sp³-hybridized carbons (Fsp3) is 0. The van der Waals surface area contributed by atoms with E-state index in [0.717, 1.165) is 0 Å². The molecule has 0 spiro atoms. The highest BCUT2D eigenvalue weighted by atomic mass is 32.1. The van der Waals surface area contributed by atoms with Gasteiger partial charge in [0.05, 0.1) is 9.40 Å². The molecule has 0 unspecified atom stereocenters. The lowest BCUT2D eigenvalue weighted by Gasteiger charge is -1.99. The predicted octanol–water partition coefficient (Wildman–Crippen LogP) is 10.0. The number of benzene rings is 2. The number of thiophene rings is 4. The van der Waals surface area contributed by atoms with Gasteiger partial charge in [0.2, 0.25) is 0 Å². The van der Waals surface area contributed by atoms with Crippen molar-refractivity contribution in [3.63, 3.8) is 0 Å². The molecule has 0 atom stereocenters. The molecule has 0 radical (unpaired) electrons. The molecule has 0 aliphatic heterocycles. The standard InChI is InChI=1S/C26H16S4/c1-3-17-7-11-21(27-17)15-5-9-19-23(13-15)29-26-20-10-6-16(14-24(20)30-25(19)26)22-12-8-18(4-2)28-22/h3-14H,1-2H2. The first-order valence-corrected chi connectivity index (χ1v) is 12.8. The first-order valence-electron chi connectivity index (χ1n) is 9.57. The van der Waals surface area contributed by atoms with Gasteiger partial charge in [-0.2, -0.15) is 0 Å². The van der Waals surface area contributed by atoms with Crippen molar-refractivity contribution in [3.05, 3.63) is 83.6 Å². The van der Waals surface area contributed by atoms with Crippen LogP contribution in [-0.4, -0.2) is 0 Å². The highest BCUT2D eigenvalue weighted by molar-refractivity contribution is 7.36. The molecule has 0 bridgehead atoms. The van der Waals surface area contributed by atoms with E-state index in [1.807, 2.05) is 34.8 Å². The summed E-state index contributed by atoms with van der Waals surface area (Å²) < 4.78 is 5.54. The van der Waals surface area contributed by atoms with E-state index in [1.165, 1.54) is 60.2 Å². The van der Waals surface area contributed by atoms with E-state index >= 15 is 0 Å². The van der Waals surface area contributed by atoms with Gasteiger partial charge in [-0.25, -0.2) is 0 Å². The Morgan fingerprint density at radius 3 is 1.40 bits per heavy atom. The second-order valence-corrected chi connectivity index (χ2v) is 11.4. The Morgan fingerprint density at radius 2 is 1.00 bits per heavy atom. The van der Waals surface area contributed by atoms with E-state index < -0.39 is 0 Å². The van der Waals surface area contributed by atoms with Gasteiger partial charge in [-0.1, -0.05) is 49.6 Å². The minimum Gasteiger partial charge on any atom is -0.136 e. The molecule has 0 amide bonds. The SMILES string of the molecule is C=Cc1ccc(-c2ccc3c(c2)sc2c4ccc(-c5ccc(C=C)s5)cc4sc32)s1. The van der Waals surface area contributed by atoms with Crippen LogP contribution >= 0.6 is 45.3 Å². The Morgan fingerprint density at radius 1 is 0.533 bits per heavy atom. The molecule has 144 valence electrons. The van der Waals surface area contributed by atoms with Crippen molar-refractivity contribution in [3.8, 4) is 20.9 Å². The molecule has 2 aromatic carbocycles. The van der Waals surface area contributed by atoms with Gasteiger partial charge in [-0.05, 0) is 47.5 Å². The molecule has 4 aromatic heterocycles. The van der Waals surface area contributed by atoms with Crippen LogP contribution in [0.5, 0.6) is 0 Å². The fourth-order valence-corrected chi connectivity index (χ4v) is 8.24. The molecule has 4 heteroatoms. The van der Waals surface area contributed by atoms with Gasteiger partial charge < -0.3 is 0 Å². The minimum atomic E-state index is 1.21. The van der Waals surface area contributed by atoms with Crippen LogP contribution in [0.2, 0.25) is 0 Å². The summed E-state index contributed by atoms with van der Waals surface area (Å²) in [5.74, 6) is 0. The summed E-state index contributed by atoms with van der Waals surface area (Å²) in [4.78, 5) is 5.02. The lowest BCUT2D eigenvalue weighted by Crippen LogP contribution is -1.71. The zero-order valence-electron chi connectivity index (χ0n) is 16.0. The summed E-state index contributed by atoms with van der Waals surface area (Å²) in [6.07, 6.45) is 3.84. The largest absolute Gasteiger partial charge is 0.136 e. The number of fused-ring (bicyclic) bond motifs is 5. The van der Waals surface area contributed by atoms with Gasteiger partial charge in [0, 0.05) is 39.7 Å². The van der Waals surface area contributed by atoms with Crippen LogP contribution in [-0.2, 0) is 0 Å². The van der Waals surface area contributed by atoms with Gasteiger partial charge in [0.15, 0.2) is 0 Å². The number of hydrogen-bond donors (Lipinski definition) is 0. The van der Waals surface area contributed by atoms with E-state index in [9.17, 15) is 0 Å². The Bertz CT molecular complexity index is 1460. The molecule has 0 saturated heterocycles. The normalized spacial score (nSPS) is 11.6. The molecular formula is C26H16S4. The van der Waals surface area contributed by atoms with E-state index in [1.54, 1.807) is 22.7 Å². The van der Waals surface area contributed by atoms with Crippen LogP contribution in [0.1, 0.15) is 9.75 Å². The first kappa shape index (κ1) is 18.3. The second kappa shape index (κ2) is 7.03. The van der Waals surface area contributed by atoms with Crippen LogP contribution in [0.4, 0.5) is 0 Å². The molecule has 0 aliphatic carbocycles. The van der Waals surface area contributed by atoms with Crippen molar-refractivity contribution < 1.29 is 0 Å². The molecule has 0 nitrogen and oxygen atoms in total. The summed E-state index contributed by atoms with van der Waals surface area (Å²) in [5, 5.41) is 2.74. The third kappa shape index (κ3) is 2.83. The molecule has 4 heterocycles. The van der Waals surface area contributed by atoms with Crippen LogP contribution in [0.25, 0.3) is 62.6 Å². The van der Waals surface area contributed by atoms with Crippen LogP contribution in [0.15, 0.2) is 73.8 Å². The molecule has 0 saturated carbocycles. The van der Waals surface area contributed by atoms with E-state index in [2.05, 4.69) is 73.8 Å². The van der Waals surface area contributed by atoms with Gasteiger partial charge in [0.25, 0.3) is 0 Å². The van der Waals surface area contributed by atoms with E-state index in [0.29, 0.717) is 0 Å². The third-order valence-corrected chi connectivity index (χ3v) is 10.1. The first-order chi connectivity index (χ1) is 14.7. The zero-order chi connectivity index (χ0) is 20.2. The zero-order valence-corrected chi connectivity index (χ0v) is 19.2. The van der Waals surface area contributed by atoms with Crippen molar-refractivity contribution in [1.29, 1.82) is 0 Å². The second-order valence-electron chi connectivity index (χ2n) is 7.10. The van der Waals surface area contributed by atoms with E-state index in [-0.39, 0.29) is 0 Å².